The van der Waals surface area contributed by atoms with Gasteiger partial charge in [0, 0.05) is 0 Å². The summed E-state index contributed by atoms with van der Waals surface area (Å²) < 4.78 is 32.4. The highest BCUT2D eigenvalue weighted by atomic mass is 32.2. The fraction of sp³-hybridized carbons (Fsp3) is 0.583. The highest BCUT2D eigenvalue weighted by Crippen LogP contribution is 2.53. The Balaban J connectivity index is 1.76. The van der Waals surface area contributed by atoms with Crippen LogP contribution in [0.5, 0.6) is 0 Å². The topological polar surface area (TPSA) is 80.8 Å². The van der Waals surface area contributed by atoms with Gasteiger partial charge < -0.3 is 0 Å². The van der Waals surface area contributed by atoms with E-state index in [0.717, 1.165) is 12.0 Å². The van der Waals surface area contributed by atoms with Gasteiger partial charge >= 0.3 is 10.1 Å². The molecule has 0 N–H and O–H groups in total. The summed E-state index contributed by atoms with van der Waals surface area (Å²) in [5, 5.41) is 0.529. The standard InChI is InChI=1S/C24H31NO5S/c1-12(2)17-10-18(13(3)4)22(19(11-17)14(5)6)31(28,29)30-25-23(26)20-15-7-8-16(9-15)21(20)24(25)27/h7-8,10-16,20-21H,9H2,1-6H3. The van der Waals surface area contributed by atoms with E-state index >= 15 is 0 Å². The van der Waals surface area contributed by atoms with Crippen LogP contribution >= 0.6 is 0 Å². The largest absolute Gasteiger partial charge is 0.318 e. The van der Waals surface area contributed by atoms with Gasteiger partial charge in [0.25, 0.3) is 11.8 Å². The summed E-state index contributed by atoms with van der Waals surface area (Å²) in [6.07, 6.45) is 4.71. The van der Waals surface area contributed by atoms with Crippen LogP contribution in [0.3, 0.4) is 0 Å². The Morgan fingerprint density at radius 1 is 0.839 bits per heavy atom. The molecule has 4 unspecified atom stereocenters. The molecule has 168 valence electrons. The molecule has 1 aromatic rings. The van der Waals surface area contributed by atoms with E-state index in [0.29, 0.717) is 16.2 Å². The number of hydrogen-bond donors (Lipinski definition) is 0. The Bertz CT molecular complexity index is 1010. The second-order valence-electron chi connectivity index (χ2n) is 9.99. The van der Waals surface area contributed by atoms with Gasteiger partial charge in [-0.25, -0.2) is 0 Å². The van der Waals surface area contributed by atoms with Gasteiger partial charge in [-0.3, -0.25) is 9.59 Å². The Hall–Kier alpha value is -1.99. The Labute approximate surface area is 184 Å². The molecule has 1 heterocycles. The van der Waals surface area contributed by atoms with E-state index in [1.54, 1.807) is 0 Å². The number of nitrogens with zero attached hydrogens (tertiary/aromatic N) is 1. The van der Waals surface area contributed by atoms with Crippen LogP contribution < -0.4 is 0 Å². The van der Waals surface area contributed by atoms with Crippen molar-refractivity contribution in [2.75, 3.05) is 0 Å². The Kier molecular flexibility index (Phi) is 5.41. The summed E-state index contributed by atoms with van der Waals surface area (Å²) in [6, 6.07) is 3.81. The van der Waals surface area contributed by atoms with E-state index in [-0.39, 0.29) is 34.5 Å². The fourth-order valence-electron chi connectivity index (χ4n) is 5.26. The first-order chi connectivity index (χ1) is 14.4. The van der Waals surface area contributed by atoms with E-state index < -0.39 is 33.8 Å². The molecule has 1 aliphatic heterocycles. The lowest BCUT2D eigenvalue weighted by Gasteiger charge is -2.24. The lowest BCUT2D eigenvalue weighted by atomic mass is 9.85. The van der Waals surface area contributed by atoms with Crippen LogP contribution in [0.15, 0.2) is 29.2 Å². The number of rotatable bonds is 6. The van der Waals surface area contributed by atoms with Crippen LogP contribution in [0.1, 0.15) is 82.4 Å². The third-order valence-electron chi connectivity index (χ3n) is 6.93. The molecule has 1 aromatic carbocycles. The first-order valence-corrected chi connectivity index (χ1v) is 12.5. The smallest absolute Gasteiger partial charge is 0.272 e. The molecule has 0 radical (unpaired) electrons. The summed E-state index contributed by atoms with van der Waals surface area (Å²) in [4.78, 5) is 26.0. The molecule has 1 saturated carbocycles. The zero-order chi connectivity index (χ0) is 22.8. The highest BCUT2D eigenvalue weighted by Gasteiger charge is 2.61. The van der Waals surface area contributed by atoms with Gasteiger partial charge in [-0.15, -0.1) is 9.35 Å². The Morgan fingerprint density at radius 3 is 1.68 bits per heavy atom. The predicted octanol–water partition coefficient (Wildman–Crippen LogP) is 4.48. The van der Waals surface area contributed by atoms with Crippen molar-refractivity contribution < 1.29 is 22.3 Å². The van der Waals surface area contributed by atoms with E-state index in [9.17, 15) is 18.0 Å². The minimum atomic E-state index is -4.39. The van der Waals surface area contributed by atoms with Crippen molar-refractivity contribution in [3.63, 3.8) is 0 Å². The van der Waals surface area contributed by atoms with E-state index in [2.05, 4.69) is 13.8 Å². The lowest BCUT2D eigenvalue weighted by molar-refractivity contribution is -0.166. The minimum Gasteiger partial charge on any atom is -0.272 e. The van der Waals surface area contributed by atoms with Crippen molar-refractivity contribution in [3.05, 3.63) is 41.0 Å². The molecule has 31 heavy (non-hydrogen) atoms. The summed E-state index contributed by atoms with van der Waals surface area (Å²) in [5.74, 6) is -2.01. The van der Waals surface area contributed by atoms with E-state index in [1.807, 2.05) is 52.0 Å². The molecule has 4 rings (SSSR count). The minimum absolute atomic E-state index is 0.00877. The third kappa shape index (κ3) is 3.46. The summed E-state index contributed by atoms with van der Waals surface area (Å²) >= 11 is 0. The maximum Gasteiger partial charge on any atom is 0.318 e. The summed E-state index contributed by atoms with van der Waals surface area (Å²) in [7, 11) is -4.39. The van der Waals surface area contributed by atoms with Gasteiger partial charge in [0.15, 0.2) is 0 Å². The van der Waals surface area contributed by atoms with Gasteiger partial charge in [-0.1, -0.05) is 65.8 Å². The molecule has 2 aliphatic carbocycles. The zero-order valence-corrected chi connectivity index (χ0v) is 19.8. The molecule has 7 heteroatoms. The van der Waals surface area contributed by atoms with Crippen molar-refractivity contribution in [2.24, 2.45) is 23.7 Å². The number of amides is 2. The zero-order valence-electron chi connectivity index (χ0n) is 19.0. The fourth-order valence-corrected chi connectivity index (χ4v) is 6.85. The predicted molar refractivity (Wildman–Crippen MR) is 117 cm³/mol. The van der Waals surface area contributed by atoms with Gasteiger partial charge in [0.2, 0.25) is 0 Å². The van der Waals surface area contributed by atoms with Gasteiger partial charge in [-0.2, -0.15) is 8.42 Å². The number of benzene rings is 1. The van der Waals surface area contributed by atoms with Gasteiger partial charge in [0.1, 0.15) is 4.90 Å². The van der Waals surface area contributed by atoms with Crippen molar-refractivity contribution in [3.8, 4) is 0 Å². The molecule has 1 saturated heterocycles. The normalized spacial score (nSPS) is 27.5. The van der Waals surface area contributed by atoms with Crippen LogP contribution in [0.25, 0.3) is 0 Å². The van der Waals surface area contributed by atoms with Crippen molar-refractivity contribution in [1.29, 1.82) is 0 Å². The van der Waals surface area contributed by atoms with Crippen LogP contribution in [-0.2, 0) is 24.0 Å². The second-order valence-corrected chi connectivity index (χ2v) is 11.5. The molecule has 2 amide bonds. The summed E-state index contributed by atoms with van der Waals surface area (Å²) in [6.45, 7) is 11.9. The molecule has 2 fully saturated rings. The number of carbonyl (C=O) groups is 2. The van der Waals surface area contributed by atoms with Crippen LogP contribution in [0, 0.1) is 23.7 Å². The van der Waals surface area contributed by atoms with Crippen molar-refractivity contribution in [1.82, 2.24) is 5.06 Å². The number of hydrogen-bond acceptors (Lipinski definition) is 5. The molecule has 2 bridgehead atoms. The molecule has 6 nitrogen and oxygen atoms in total. The lowest BCUT2D eigenvalue weighted by Crippen LogP contribution is -2.36. The van der Waals surface area contributed by atoms with Crippen LogP contribution in [-0.4, -0.2) is 25.3 Å². The molecule has 0 aromatic heterocycles. The molecule has 0 spiro atoms. The Morgan fingerprint density at radius 2 is 1.29 bits per heavy atom. The number of imide groups is 1. The summed E-state index contributed by atoms with van der Waals surface area (Å²) in [5.41, 5.74) is 2.35. The molecular formula is C24H31NO5S. The van der Waals surface area contributed by atoms with Gasteiger partial charge in [-0.05, 0) is 52.7 Å². The average Bonchev–Trinajstić information content (AvgIpc) is 3.36. The quantitative estimate of drug-likeness (QED) is 0.476. The maximum absolute atomic E-state index is 13.5. The number of allylic oxidation sites excluding steroid dienone is 2. The van der Waals surface area contributed by atoms with Crippen LogP contribution in [0.2, 0.25) is 0 Å². The molecular weight excluding hydrogens is 414 g/mol. The third-order valence-corrected chi connectivity index (χ3v) is 8.25. The second kappa shape index (κ2) is 7.55. The highest BCUT2D eigenvalue weighted by molar-refractivity contribution is 7.86. The van der Waals surface area contributed by atoms with Crippen LogP contribution in [0.4, 0.5) is 0 Å². The monoisotopic (exact) mass is 445 g/mol. The van der Waals surface area contributed by atoms with Crippen molar-refractivity contribution in [2.45, 2.75) is 70.6 Å². The maximum atomic E-state index is 13.5. The SMILES string of the molecule is CC(C)c1cc(C(C)C)c(S(=O)(=O)ON2C(=O)C3C4C=CC(C4)C3C2=O)c(C(C)C)c1. The average molecular weight is 446 g/mol. The van der Waals surface area contributed by atoms with Crippen molar-refractivity contribution >= 4 is 21.9 Å². The van der Waals surface area contributed by atoms with E-state index in [1.165, 1.54) is 0 Å². The number of hydroxylamine groups is 2. The number of fused-ring (bicyclic) bond motifs is 5. The first kappa shape index (κ1) is 22.2. The number of carbonyl (C=O) groups excluding carboxylic acids is 2. The first-order valence-electron chi connectivity index (χ1n) is 11.1. The van der Waals surface area contributed by atoms with E-state index in [4.69, 9.17) is 4.28 Å². The van der Waals surface area contributed by atoms with Gasteiger partial charge in [0.05, 0.1) is 11.8 Å². The molecule has 3 aliphatic rings. The molecule has 4 atom stereocenters.